The molecule has 0 aromatic carbocycles. The minimum Gasteiger partial charge on any atom is -0.461 e. The van der Waals surface area contributed by atoms with Crippen LogP contribution in [-0.4, -0.2) is 35.6 Å². The maximum absolute atomic E-state index is 11.4. The van der Waals surface area contributed by atoms with Gasteiger partial charge in [-0.15, -0.1) is 0 Å². The lowest BCUT2D eigenvalue weighted by atomic mass is 9.90. The summed E-state index contributed by atoms with van der Waals surface area (Å²) in [5.41, 5.74) is 0. The Labute approximate surface area is 91.8 Å². The Hall–Kier alpha value is -0.570. The monoisotopic (exact) mass is 211 g/mol. The second-order valence-electron chi connectivity index (χ2n) is 4.78. The predicted octanol–water partition coefficient (Wildman–Crippen LogP) is 1.81. The molecule has 15 heavy (non-hydrogen) atoms. The van der Waals surface area contributed by atoms with Crippen LogP contribution in [0.25, 0.3) is 0 Å². The molecule has 0 aliphatic carbocycles. The second-order valence-corrected chi connectivity index (χ2v) is 4.78. The van der Waals surface area contributed by atoms with Gasteiger partial charge in [0.2, 0.25) is 0 Å². The normalized spacial score (nSPS) is 41.4. The van der Waals surface area contributed by atoms with Crippen LogP contribution in [0.15, 0.2) is 0 Å². The van der Waals surface area contributed by atoms with Crippen molar-refractivity contribution in [2.75, 3.05) is 6.54 Å². The van der Waals surface area contributed by atoms with Crippen molar-refractivity contribution in [3.63, 3.8) is 0 Å². The van der Waals surface area contributed by atoms with E-state index in [2.05, 4.69) is 18.7 Å². The number of ether oxygens (including phenoxy) is 1. The van der Waals surface area contributed by atoms with E-state index in [1.54, 1.807) is 0 Å². The molecule has 2 rings (SSSR count). The first-order valence-electron chi connectivity index (χ1n) is 6.12. The lowest BCUT2D eigenvalue weighted by molar-refractivity contribution is -0.160. The molecule has 0 bridgehead atoms. The summed E-state index contributed by atoms with van der Waals surface area (Å²) in [6.07, 6.45) is 3.06. The average Bonchev–Trinajstić information content (AvgIpc) is 2.55. The first kappa shape index (κ1) is 10.9. The summed E-state index contributed by atoms with van der Waals surface area (Å²) in [6.45, 7) is 7.54. The summed E-state index contributed by atoms with van der Waals surface area (Å²) >= 11 is 0. The number of hydrogen-bond acceptors (Lipinski definition) is 3. The minimum atomic E-state index is -0.00319. The highest BCUT2D eigenvalue weighted by Gasteiger charge is 2.47. The SMILES string of the molecule is CCC1CC2CC(=O)OC(C)C2N1CC. The van der Waals surface area contributed by atoms with Gasteiger partial charge in [-0.05, 0) is 32.2 Å². The Bertz CT molecular complexity index is 254. The lowest BCUT2D eigenvalue weighted by Crippen LogP contribution is -2.48. The van der Waals surface area contributed by atoms with Crippen LogP contribution in [-0.2, 0) is 9.53 Å². The van der Waals surface area contributed by atoms with Gasteiger partial charge in [-0.2, -0.15) is 0 Å². The fraction of sp³-hybridized carbons (Fsp3) is 0.917. The summed E-state index contributed by atoms with van der Waals surface area (Å²) < 4.78 is 5.34. The number of likely N-dealkylation sites (tertiary alicyclic amines) is 1. The van der Waals surface area contributed by atoms with Crippen LogP contribution in [0.2, 0.25) is 0 Å². The quantitative estimate of drug-likeness (QED) is 0.652. The summed E-state index contributed by atoms with van der Waals surface area (Å²) in [7, 11) is 0. The zero-order valence-corrected chi connectivity index (χ0v) is 9.90. The highest BCUT2D eigenvalue weighted by atomic mass is 16.5. The third kappa shape index (κ3) is 1.78. The summed E-state index contributed by atoms with van der Waals surface area (Å²) in [5.74, 6) is 0.530. The number of cyclic esters (lactones) is 1. The Kier molecular flexibility index (Phi) is 3.01. The van der Waals surface area contributed by atoms with Gasteiger partial charge in [0.1, 0.15) is 6.10 Å². The number of fused-ring (bicyclic) bond motifs is 1. The molecule has 0 saturated carbocycles. The molecular weight excluding hydrogens is 190 g/mol. The van der Waals surface area contributed by atoms with Gasteiger partial charge in [-0.3, -0.25) is 9.69 Å². The van der Waals surface area contributed by atoms with Crippen LogP contribution in [0.1, 0.15) is 40.0 Å². The van der Waals surface area contributed by atoms with Crippen LogP contribution in [0.4, 0.5) is 0 Å². The van der Waals surface area contributed by atoms with E-state index in [4.69, 9.17) is 4.74 Å². The number of carbonyl (C=O) groups is 1. The van der Waals surface area contributed by atoms with E-state index < -0.39 is 0 Å². The Morgan fingerprint density at radius 1 is 1.47 bits per heavy atom. The van der Waals surface area contributed by atoms with Gasteiger partial charge in [0, 0.05) is 6.04 Å². The van der Waals surface area contributed by atoms with Gasteiger partial charge >= 0.3 is 5.97 Å². The Balaban J connectivity index is 2.16. The highest BCUT2D eigenvalue weighted by Crippen LogP contribution is 2.39. The van der Waals surface area contributed by atoms with E-state index in [9.17, 15) is 4.79 Å². The van der Waals surface area contributed by atoms with Crippen molar-refractivity contribution in [2.45, 2.75) is 58.2 Å². The van der Waals surface area contributed by atoms with Crippen molar-refractivity contribution in [1.82, 2.24) is 4.90 Å². The first-order chi connectivity index (χ1) is 7.17. The lowest BCUT2D eigenvalue weighted by Gasteiger charge is -2.36. The third-order valence-electron chi connectivity index (χ3n) is 3.97. The largest absolute Gasteiger partial charge is 0.461 e. The Morgan fingerprint density at radius 3 is 2.80 bits per heavy atom. The van der Waals surface area contributed by atoms with Crippen LogP contribution >= 0.6 is 0 Å². The number of esters is 1. The molecule has 0 spiro atoms. The molecular formula is C12H21NO2. The number of carbonyl (C=O) groups excluding carboxylic acids is 1. The second kappa shape index (κ2) is 4.12. The summed E-state index contributed by atoms with van der Waals surface area (Å²) in [4.78, 5) is 13.9. The molecule has 0 aromatic rings. The first-order valence-corrected chi connectivity index (χ1v) is 6.12. The molecule has 4 unspecified atom stereocenters. The van der Waals surface area contributed by atoms with E-state index in [0.717, 1.165) is 6.54 Å². The van der Waals surface area contributed by atoms with E-state index in [-0.39, 0.29) is 12.1 Å². The van der Waals surface area contributed by atoms with Gasteiger partial charge in [-0.1, -0.05) is 13.8 Å². The maximum atomic E-state index is 11.4. The molecule has 2 saturated heterocycles. The molecule has 0 amide bonds. The van der Waals surface area contributed by atoms with Gasteiger partial charge < -0.3 is 4.74 Å². The van der Waals surface area contributed by atoms with Crippen molar-refractivity contribution in [1.29, 1.82) is 0 Å². The zero-order chi connectivity index (χ0) is 11.0. The molecule has 0 aromatic heterocycles. The van der Waals surface area contributed by atoms with E-state index in [1.807, 2.05) is 6.92 Å². The zero-order valence-electron chi connectivity index (χ0n) is 9.90. The molecule has 4 atom stereocenters. The molecule has 2 fully saturated rings. The topological polar surface area (TPSA) is 29.5 Å². The summed E-state index contributed by atoms with van der Waals surface area (Å²) in [6, 6.07) is 1.12. The molecule has 86 valence electrons. The summed E-state index contributed by atoms with van der Waals surface area (Å²) in [5, 5.41) is 0. The molecule has 3 nitrogen and oxygen atoms in total. The molecule has 2 aliphatic rings. The molecule has 0 radical (unpaired) electrons. The Morgan fingerprint density at radius 2 is 2.20 bits per heavy atom. The van der Waals surface area contributed by atoms with Crippen LogP contribution in [0, 0.1) is 5.92 Å². The van der Waals surface area contributed by atoms with E-state index >= 15 is 0 Å². The standard InChI is InChI=1S/C12H21NO2/c1-4-10-6-9-7-11(14)15-8(3)12(9)13(10)5-2/h8-10,12H,4-7H2,1-3H3. The van der Waals surface area contributed by atoms with Crippen molar-refractivity contribution < 1.29 is 9.53 Å². The maximum Gasteiger partial charge on any atom is 0.306 e. The van der Waals surface area contributed by atoms with Crippen molar-refractivity contribution >= 4 is 5.97 Å². The van der Waals surface area contributed by atoms with Gasteiger partial charge in [0.25, 0.3) is 0 Å². The number of nitrogens with zero attached hydrogens (tertiary/aromatic N) is 1. The van der Waals surface area contributed by atoms with Crippen LogP contribution < -0.4 is 0 Å². The van der Waals surface area contributed by atoms with Gasteiger partial charge in [-0.25, -0.2) is 0 Å². The number of likely N-dealkylation sites (N-methyl/N-ethyl adjacent to an activating group) is 1. The number of rotatable bonds is 2. The molecule has 2 heterocycles. The smallest absolute Gasteiger partial charge is 0.306 e. The van der Waals surface area contributed by atoms with E-state index in [0.29, 0.717) is 24.4 Å². The van der Waals surface area contributed by atoms with Crippen molar-refractivity contribution in [3.05, 3.63) is 0 Å². The predicted molar refractivity (Wildman–Crippen MR) is 58.5 cm³/mol. The fourth-order valence-corrected chi connectivity index (χ4v) is 3.40. The van der Waals surface area contributed by atoms with Crippen molar-refractivity contribution in [3.8, 4) is 0 Å². The average molecular weight is 211 g/mol. The van der Waals surface area contributed by atoms with Gasteiger partial charge in [0.15, 0.2) is 0 Å². The third-order valence-corrected chi connectivity index (χ3v) is 3.97. The van der Waals surface area contributed by atoms with Crippen LogP contribution in [0.3, 0.4) is 0 Å². The minimum absolute atomic E-state index is 0.00319. The fourth-order valence-electron chi connectivity index (χ4n) is 3.40. The highest BCUT2D eigenvalue weighted by molar-refractivity contribution is 5.71. The molecule has 0 N–H and O–H groups in total. The van der Waals surface area contributed by atoms with E-state index in [1.165, 1.54) is 12.8 Å². The van der Waals surface area contributed by atoms with Crippen molar-refractivity contribution in [2.24, 2.45) is 5.92 Å². The molecule has 3 heteroatoms. The van der Waals surface area contributed by atoms with Gasteiger partial charge in [0.05, 0.1) is 12.5 Å². The number of hydrogen-bond donors (Lipinski definition) is 0. The van der Waals surface area contributed by atoms with Crippen LogP contribution in [0.5, 0.6) is 0 Å². The molecule has 2 aliphatic heterocycles.